The molecule has 0 aliphatic rings. The molecule has 20 heavy (non-hydrogen) atoms. The molecule has 0 spiro atoms. The van der Waals surface area contributed by atoms with Gasteiger partial charge in [-0.3, -0.25) is 0 Å². The minimum absolute atomic E-state index is 0.351. The van der Waals surface area contributed by atoms with Crippen LogP contribution in [0.4, 0.5) is 0 Å². The molecule has 0 aliphatic heterocycles. The Morgan fingerprint density at radius 2 is 1.60 bits per heavy atom. The molecule has 0 amide bonds. The third-order valence-electron chi connectivity index (χ3n) is 4.16. The summed E-state index contributed by atoms with van der Waals surface area (Å²) in [6.45, 7) is 8.52. The van der Waals surface area contributed by atoms with Gasteiger partial charge in [-0.15, -0.1) is 0 Å². The van der Waals surface area contributed by atoms with E-state index in [1.807, 2.05) is 6.92 Å². The van der Waals surface area contributed by atoms with E-state index < -0.39 is 5.79 Å². The molecule has 0 bridgehead atoms. The molecule has 1 atom stereocenters. The monoisotopic (exact) mass is 286 g/mol. The van der Waals surface area contributed by atoms with E-state index in [9.17, 15) is 0 Å². The number of unbranched alkanes of at least 4 members (excludes halogenated alkanes) is 5. The summed E-state index contributed by atoms with van der Waals surface area (Å²) in [5, 5.41) is 0. The number of ether oxygens (including phenoxy) is 3. The van der Waals surface area contributed by atoms with Gasteiger partial charge in [0.25, 0.3) is 0 Å². The average Bonchev–Trinajstić information content (AvgIpc) is 2.48. The van der Waals surface area contributed by atoms with E-state index in [-0.39, 0.29) is 0 Å². The van der Waals surface area contributed by atoms with E-state index in [0.29, 0.717) is 12.5 Å². The lowest BCUT2D eigenvalue weighted by Crippen LogP contribution is -2.39. The van der Waals surface area contributed by atoms with Crippen molar-refractivity contribution in [3.05, 3.63) is 12.8 Å². The first-order valence-corrected chi connectivity index (χ1v) is 7.97. The van der Waals surface area contributed by atoms with Crippen LogP contribution in [-0.4, -0.2) is 26.6 Å². The molecule has 0 aromatic heterocycles. The third kappa shape index (κ3) is 7.91. The van der Waals surface area contributed by atoms with Crippen LogP contribution in [0.2, 0.25) is 0 Å². The molecule has 0 fully saturated rings. The summed E-state index contributed by atoms with van der Waals surface area (Å²) in [5.41, 5.74) is 0. The molecular formula is C17H34O3. The van der Waals surface area contributed by atoms with Gasteiger partial charge in [0.15, 0.2) is 5.79 Å². The van der Waals surface area contributed by atoms with Gasteiger partial charge in [0.05, 0.1) is 12.9 Å². The molecule has 0 radical (unpaired) electrons. The van der Waals surface area contributed by atoms with Crippen LogP contribution in [0.15, 0.2) is 12.8 Å². The van der Waals surface area contributed by atoms with Gasteiger partial charge in [-0.25, -0.2) is 0 Å². The Labute approximate surface area is 125 Å². The minimum atomic E-state index is -0.520. The lowest BCUT2D eigenvalue weighted by Gasteiger charge is -2.35. The van der Waals surface area contributed by atoms with Gasteiger partial charge in [-0.2, -0.15) is 0 Å². The second-order valence-electron chi connectivity index (χ2n) is 5.50. The van der Waals surface area contributed by atoms with Crippen LogP contribution >= 0.6 is 0 Å². The summed E-state index contributed by atoms with van der Waals surface area (Å²) in [4.78, 5) is 0. The fraction of sp³-hybridized carbons (Fsp3) is 0.882. The summed E-state index contributed by atoms with van der Waals surface area (Å²) in [7, 11) is 3.43. The van der Waals surface area contributed by atoms with Crippen molar-refractivity contribution in [2.75, 3.05) is 20.8 Å². The molecule has 0 rings (SSSR count). The Morgan fingerprint density at radius 1 is 1.00 bits per heavy atom. The number of hydrogen-bond donors (Lipinski definition) is 0. The van der Waals surface area contributed by atoms with Crippen molar-refractivity contribution in [1.29, 1.82) is 0 Å². The molecule has 0 N–H and O–H groups in total. The van der Waals surface area contributed by atoms with E-state index in [0.717, 1.165) is 12.8 Å². The maximum atomic E-state index is 5.57. The van der Waals surface area contributed by atoms with Gasteiger partial charge >= 0.3 is 0 Å². The minimum Gasteiger partial charge on any atom is -0.502 e. The third-order valence-corrected chi connectivity index (χ3v) is 4.16. The molecule has 120 valence electrons. The molecule has 0 aromatic rings. The largest absolute Gasteiger partial charge is 0.502 e. The predicted octanol–water partition coefficient (Wildman–Crippen LogP) is 4.91. The molecular weight excluding hydrogens is 252 g/mol. The van der Waals surface area contributed by atoms with Crippen molar-refractivity contribution in [2.24, 2.45) is 5.92 Å². The molecule has 0 heterocycles. The second-order valence-corrected chi connectivity index (χ2v) is 5.50. The second kappa shape index (κ2) is 12.2. The van der Waals surface area contributed by atoms with E-state index in [2.05, 4.69) is 13.5 Å². The zero-order valence-electron chi connectivity index (χ0n) is 14.0. The first-order valence-electron chi connectivity index (χ1n) is 7.97. The van der Waals surface area contributed by atoms with Gasteiger partial charge in [0.2, 0.25) is 0 Å². The van der Waals surface area contributed by atoms with Gasteiger partial charge in [0, 0.05) is 20.1 Å². The van der Waals surface area contributed by atoms with Crippen molar-refractivity contribution in [1.82, 2.24) is 0 Å². The van der Waals surface area contributed by atoms with E-state index in [1.54, 1.807) is 14.2 Å². The van der Waals surface area contributed by atoms with Crippen LogP contribution in [-0.2, 0) is 14.2 Å². The number of hydrogen-bond acceptors (Lipinski definition) is 3. The van der Waals surface area contributed by atoms with Crippen molar-refractivity contribution in [2.45, 2.75) is 71.0 Å². The topological polar surface area (TPSA) is 27.7 Å². The SMILES string of the molecule is C=COCCC(CCCCCCCC)C(C)(OC)OC. The van der Waals surface area contributed by atoms with Crippen LogP contribution in [0.5, 0.6) is 0 Å². The lowest BCUT2D eigenvalue weighted by atomic mass is 9.90. The summed E-state index contributed by atoms with van der Waals surface area (Å²) in [6, 6.07) is 0. The van der Waals surface area contributed by atoms with Crippen LogP contribution in [0, 0.1) is 5.92 Å². The Hall–Kier alpha value is -0.540. The Kier molecular flexibility index (Phi) is 11.9. The van der Waals surface area contributed by atoms with Crippen LogP contribution in [0.25, 0.3) is 0 Å². The smallest absolute Gasteiger partial charge is 0.167 e. The highest BCUT2D eigenvalue weighted by Crippen LogP contribution is 2.30. The van der Waals surface area contributed by atoms with Crippen LogP contribution in [0.1, 0.15) is 65.2 Å². The van der Waals surface area contributed by atoms with Crippen LogP contribution < -0.4 is 0 Å². The highest BCUT2D eigenvalue weighted by molar-refractivity contribution is 4.75. The van der Waals surface area contributed by atoms with E-state index in [1.165, 1.54) is 44.8 Å². The van der Waals surface area contributed by atoms with E-state index >= 15 is 0 Å². The van der Waals surface area contributed by atoms with Gasteiger partial charge < -0.3 is 14.2 Å². The Balaban J connectivity index is 4.13. The molecule has 3 nitrogen and oxygen atoms in total. The van der Waals surface area contributed by atoms with Crippen LogP contribution in [0.3, 0.4) is 0 Å². The first kappa shape index (κ1) is 19.5. The van der Waals surface area contributed by atoms with Gasteiger partial charge in [-0.1, -0.05) is 52.0 Å². The maximum Gasteiger partial charge on any atom is 0.167 e. The van der Waals surface area contributed by atoms with E-state index in [4.69, 9.17) is 14.2 Å². The lowest BCUT2D eigenvalue weighted by molar-refractivity contribution is -0.231. The molecule has 0 aromatic carbocycles. The summed E-state index contributed by atoms with van der Waals surface area (Å²) < 4.78 is 16.4. The predicted molar refractivity (Wildman–Crippen MR) is 84.7 cm³/mol. The molecule has 0 saturated carbocycles. The quantitative estimate of drug-likeness (QED) is 0.258. The summed E-state index contributed by atoms with van der Waals surface area (Å²) in [6.07, 6.45) is 11.4. The zero-order valence-corrected chi connectivity index (χ0v) is 14.0. The zero-order chi connectivity index (χ0) is 15.3. The standard InChI is InChI=1S/C17H34O3/c1-6-8-9-10-11-12-13-16(14-15-20-7-2)17(3,18-4)19-5/h7,16H,2,6,8-15H2,1,3-5H3. The van der Waals surface area contributed by atoms with Gasteiger partial charge in [0.1, 0.15) is 0 Å². The fourth-order valence-electron chi connectivity index (χ4n) is 2.55. The Bertz CT molecular complexity index is 224. The number of methoxy groups -OCH3 is 2. The number of rotatable bonds is 14. The van der Waals surface area contributed by atoms with Gasteiger partial charge in [-0.05, 0) is 19.8 Å². The molecule has 0 aliphatic carbocycles. The highest BCUT2D eigenvalue weighted by Gasteiger charge is 2.33. The molecule has 3 heteroatoms. The average molecular weight is 286 g/mol. The summed E-state index contributed by atoms with van der Waals surface area (Å²) in [5.74, 6) is -0.169. The van der Waals surface area contributed by atoms with Crippen molar-refractivity contribution >= 4 is 0 Å². The first-order chi connectivity index (χ1) is 9.64. The van der Waals surface area contributed by atoms with Crippen molar-refractivity contribution in [3.8, 4) is 0 Å². The normalized spacial score (nSPS) is 13.2. The Morgan fingerprint density at radius 3 is 2.15 bits per heavy atom. The summed E-state index contributed by atoms with van der Waals surface area (Å²) >= 11 is 0. The highest BCUT2D eigenvalue weighted by atomic mass is 16.7. The maximum absolute atomic E-state index is 5.57. The fourth-order valence-corrected chi connectivity index (χ4v) is 2.55. The molecule has 1 unspecified atom stereocenters. The molecule has 0 saturated heterocycles. The van der Waals surface area contributed by atoms with Crippen molar-refractivity contribution < 1.29 is 14.2 Å². The van der Waals surface area contributed by atoms with Crippen molar-refractivity contribution in [3.63, 3.8) is 0 Å².